The summed E-state index contributed by atoms with van der Waals surface area (Å²) in [6.45, 7) is 30.2. The Morgan fingerprint density at radius 1 is 0.451 bits per heavy atom. The van der Waals surface area contributed by atoms with E-state index in [-0.39, 0.29) is 17.4 Å². The molecule has 0 radical (unpaired) electrons. The lowest BCUT2D eigenvalue weighted by molar-refractivity contribution is 0.0214. The lowest BCUT2D eigenvalue weighted by Gasteiger charge is -2.38. The van der Waals surface area contributed by atoms with Gasteiger partial charge in [-0.1, -0.05) is 86.7 Å². The highest BCUT2D eigenvalue weighted by molar-refractivity contribution is 5.98. The Bertz CT molecular complexity index is 3610. The summed E-state index contributed by atoms with van der Waals surface area (Å²) in [5.41, 5.74) is 13.4. The van der Waals surface area contributed by atoms with Crippen LogP contribution in [0.5, 0.6) is 23.0 Å². The van der Waals surface area contributed by atoms with E-state index in [1.165, 1.54) is 11.1 Å². The van der Waals surface area contributed by atoms with Crippen LogP contribution in [-0.4, -0.2) is 51.2 Å². The van der Waals surface area contributed by atoms with Crippen LogP contribution in [0, 0.1) is 13.8 Å². The van der Waals surface area contributed by atoms with Crippen LogP contribution in [0.3, 0.4) is 0 Å². The van der Waals surface area contributed by atoms with Gasteiger partial charge in [-0.05, 0) is 155 Å². The number of carbonyl (C=O) groups excluding carboxylic acids is 2. The molecule has 10 nitrogen and oxygen atoms in total. The molecular formula is C72H70N4O6. The standard InChI is InChI=1S/C72H70N4O6/c1-11-38-75(62-44-60-64(40-46(62)8)79-66-42-52(73(14-4)15-5)34-36-58(66)71(60)56-24-20-18-22-54(56)68(77)81-71)50-30-26-48(27-31-50)70(10,13-3)49-28-32-51(33-29-49)76(39-12-2)63-45-61-65(41-47(63)9)80-67-43-53(74(16-6)17-7)35-37-59(67)72(61)57-25-21-19-23-55(57)69(78)82-72/h11-12,18-37,40-45H,1-2,13-17,38-39H2,3-10H3. The van der Waals surface area contributed by atoms with E-state index in [0.29, 0.717) is 47.2 Å². The molecule has 0 amide bonds. The van der Waals surface area contributed by atoms with Gasteiger partial charge >= 0.3 is 11.9 Å². The average Bonchev–Trinajstić information content (AvgIpc) is 2.42. The van der Waals surface area contributed by atoms with Crippen LogP contribution in [0.4, 0.5) is 34.1 Å². The molecule has 2 spiro atoms. The van der Waals surface area contributed by atoms with Gasteiger partial charge in [0.1, 0.15) is 23.0 Å². The number of esters is 2. The third-order valence-electron chi connectivity index (χ3n) is 17.8. The van der Waals surface area contributed by atoms with E-state index in [1.54, 1.807) is 0 Å². The SMILES string of the molecule is C=CCN(c1ccc(C(C)(CC)c2ccc(N(CC=C)c3cc4c(cc3C)Oc3cc(N(CC)CC)ccc3C43OC(=O)c4ccccc43)cc2)cc1)c1cc2c(cc1C)Oc1cc(N(CC)CC)ccc1C21OC(=O)c2ccccc21. The van der Waals surface area contributed by atoms with Crippen molar-refractivity contribution in [2.45, 2.75) is 78.4 Å². The second-order valence-corrected chi connectivity index (χ2v) is 22.0. The summed E-state index contributed by atoms with van der Waals surface area (Å²) in [5.74, 6) is 1.93. The molecule has 0 fully saturated rings. The fraction of sp³-hybridized carbons (Fsp3) is 0.250. The smallest absolute Gasteiger partial charge is 0.340 e. The average molecular weight is 1090 g/mol. The van der Waals surface area contributed by atoms with Crippen molar-refractivity contribution in [2.24, 2.45) is 0 Å². The molecule has 82 heavy (non-hydrogen) atoms. The van der Waals surface area contributed by atoms with Crippen molar-refractivity contribution < 1.29 is 28.5 Å². The first-order valence-electron chi connectivity index (χ1n) is 28.9. The summed E-state index contributed by atoms with van der Waals surface area (Å²) in [4.78, 5) is 36.9. The molecule has 8 aromatic rings. The molecule has 10 heteroatoms. The van der Waals surface area contributed by atoms with Gasteiger partial charge in [-0.3, -0.25) is 0 Å². The topological polar surface area (TPSA) is 84.0 Å². The second-order valence-electron chi connectivity index (χ2n) is 22.0. The van der Waals surface area contributed by atoms with Crippen molar-refractivity contribution in [1.29, 1.82) is 0 Å². The van der Waals surface area contributed by atoms with Gasteiger partial charge in [-0.2, -0.15) is 0 Å². The highest BCUT2D eigenvalue weighted by atomic mass is 16.6. The summed E-state index contributed by atoms with van der Waals surface area (Å²) >= 11 is 0. The lowest BCUT2D eigenvalue weighted by atomic mass is 9.74. The van der Waals surface area contributed by atoms with Gasteiger partial charge in [0, 0.05) is 124 Å². The van der Waals surface area contributed by atoms with Gasteiger partial charge in [0.2, 0.25) is 0 Å². The molecule has 0 bridgehead atoms. The predicted octanol–water partition coefficient (Wildman–Crippen LogP) is 16.5. The number of ether oxygens (including phenoxy) is 4. The Balaban J connectivity index is 0.873. The number of rotatable bonds is 17. The number of aryl methyl sites for hydroxylation is 2. The number of benzene rings is 8. The van der Waals surface area contributed by atoms with Crippen molar-refractivity contribution in [2.75, 3.05) is 58.9 Å². The molecule has 0 aliphatic carbocycles. The molecule has 0 saturated carbocycles. The van der Waals surface area contributed by atoms with Crippen LogP contribution in [0.15, 0.2) is 183 Å². The molecule has 4 heterocycles. The van der Waals surface area contributed by atoms with Gasteiger partial charge in [-0.25, -0.2) is 9.59 Å². The minimum absolute atomic E-state index is 0.336. The molecule has 0 aromatic heterocycles. The zero-order valence-corrected chi connectivity index (χ0v) is 48.3. The van der Waals surface area contributed by atoms with Gasteiger partial charge in [0.25, 0.3) is 0 Å². The minimum Gasteiger partial charge on any atom is -0.456 e. The van der Waals surface area contributed by atoms with Crippen molar-refractivity contribution in [3.8, 4) is 23.0 Å². The van der Waals surface area contributed by atoms with Crippen molar-refractivity contribution in [3.05, 3.63) is 250 Å². The van der Waals surface area contributed by atoms with E-state index in [4.69, 9.17) is 18.9 Å². The fourth-order valence-electron chi connectivity index (χ4n) is 13.3. The van der Waals surface area contributed by atoms with Gasteiger partial charge in [0.05, 0.1) is 11.1 Å². The maximum atomic E-state index is 13.9. The summed E-state index contributed by atoms with van der Waals surface area (Å²) in [6, 6.07) is 54.1. The predicted molar refractivity (Wildman–Crippen MR) is 330 cm³/mol. The van der Waals surface area contributed by atoms with Crippen LogP contribution in [0.25, 0.3) is 0 Å². The molecule has 8 aromatic carbocycles. The molecule has 0 N–H and O–H groups in total. The Hall–Kier alpha value is -9.02. The number of carbonyl (C=O) groups is 2. The zero-order chi connectivity index (χ0) is 57.2. The number of hydrogen-bond donors (Lipinski definition) is 0. The second kappa shape index (κ2) is 20.8. The summed E-state index contributed by atoms with van der Waals surface area (Å²) in [7, 11) is 0. The number of hydrogen-bond acceptors (Lipinski definition) is 10. The lowest BCUT2D eigenvalue weighted by Crippen LogP contribution is -2.34. The molecular weight excluding hydrogens is 1020 g/mol. The summed E-state index contributed by atoms with van der Waals surface area (Å²) in [5, 5.41) is 0. The van der Waals surface area contributed by atoms with Crippen LogP contribution >= 0.6 is 0 Å². The third kappa shape index (κ3) is 8.19. The molecule has 4 aliphatic rings. The van der Waals surface area contributed by atoms with Crippen LogP contribution < -0.4 is 29.1 Å². The first-order valence-corrected chi connectivity index (χ1v) is 28.9. The van der Waals surface area contributed by atoms with Gasteiger partial charge in [-0.15, -0.1) is 13.2 Å². The zero-order valence-electron chi connectivity index (χ0n) is 48.3. The van der Waals surface area contributed by atoms with Crippen molar-refractivity contribution >= 4 is 46.1 Å². The van der Waals surface area contributed by atoms with Gasteiger partial charge in [0.15, 0.2) is 11.2 Å². The van der Waals surface area contributed by atoms with Crippen LogP contribution in [-0.2, 0) is 26.1 Å². The third-order valence-corrected chi connectivity index (χ3v) is 17.8. The highest BCUT2D eigenvalue weighted by Gasteiger charge is 2.55. The normalized spacial score (nSPS) is 17.4. The first-order chi connectivity index (χ1) is 39.8. The van der Waals surface area contributed by atoms with E-state index >= 15 is 0 Å². The van der Waals surface area contributed by atoms with Crippen molar-refractivity contribution in [1.82, 2.24) is 0 Å². The van der Waals surface area contributed by atoms with Crippen molar-refractivity contribution in [3.63, 3.8) is 0 Å². The number of nitrogens with zero attached hydrogens (tertiary/aromatic N) is 4. The molecule has 4 aliphatic heterocycles. The van der Waals surface area contributed by atoms with E-state index in [9.17, 15) is 9.59 Å². The first kappa shape index (κ1) is 53.6. The molecule has 12 rings (SSSR count). The highest BCUT2D eigenvalue weighted by Crippen LogP contribution is 2.60. The largest absolute Gasteiger partial charge is 0.456 e. The molecule has 414 valence electrons. The number of fused-ring (bicyclic) bond motifs is 12. The Labute approximate surface area is 482 Å². The van der Waals surface area contributed by atoms with E-state index in [2.05, 4.69) is 197 Å². The number of anilines is 6. The summed E-state index contributed by atoms with van der Waals surface area (Å²) in [6.07, 6.45) is 4.69. The molecule has 2 atom stereocenters. The maximum Gasteiger partial charge on any atom is 0.340 e. The summed E-state index contributed by atoms with van der Waals surface area (Å²) < 4.78 is 27.0. The minimum atomic E-state index is -1.22. The quantitative estimate of drug-likeness (QED) is 0.0649. The van der Waals surface area contributed by atoms with Crippen LogP contribution in [0.2, 0.25) is 0 Å². The Kier molecular flexibility index (Phi) is 13.6. The van der Waals surface area contributed by atoms with E-state index in [1.807, 2.05) is 60.7 Å². The molecule has 0 saturated heterocycles. The van der Waals surface area contributed by atoms with E-state index < -0.39 is 11.2 Å². The Morgan fingerprint density at radius 3 is 1.18 bits per heavy atom. The van der Waals surface area contributed by atoms with Crippen LogP contribution in [0.1, 0.15) is 124 Å². The Morgan fingerprint density at radius 2 is 0.817 bits per heavy atom. The molecule has 2 unspecified atom stereocenters. The fourth-order valence-corrected chi connectivity index (χ4v) is 13.3. The monoisotopic (exact) mass is 1090 g/mol. The van der Waals surface area contributed by atoms with E-state index in [0.717, 1.165) is 111 Å². The maximum absolute atomic E-state index is 13.9. The van der Waals surface area contributed by atoms with Gasteiger partial charge < -0.3 is 38.5 Å².